The molecule has 1 amide bonds. The van der Waals surface area contributed by atoms with Crippen molar-refractivity contribution in [1.29, 1.82) is 0 Å². The largest absolute Gasteiger partial charge is 0.471 e. The highest BCUT2D eigenvalue weighted by Crippen LogP contribution is 2.49. The fourth-order valence-corrected chi connectivity index (χ4v) is 5.70. The minimum atomic E-state index is -4.86. The monoisotopic (exact) mass is 410 g/mol. The number of likely N-dealkylation sites (tertiary alicyclic amines) is 1. The van der Waals surface area contributed by atoms with Gasteiger partial charge in [-0.05, 0) is 74.9 Å². The van der Waals surface area contributed by atoms with Gasteiger partial charge in [0.2, 0.25) is 6.79 Å². The molecule has 0 radical (unpaired) electrons. The number of hydrogen-bond acceptors (Lipinski definition) is 4. The molecular formula is C21H25F3N2O3. The van der Waals surface area contributed by atoms with Crippen molar-refractivity contribution in [3.05, 3.63) is 23.3 Å². The van der Waals surface area contributed by atoms with Crippen molar-refractivity contribution in [3.63, 3.8) is 0 Å². The number of ether oxygens (including phenoxy) is 2. The molecule has 0 unspecified atom stereocenters. The summed E-state index contributed by atoms with van der Waals surface area (Å²) in [7, 11) is 0. The summed E-state index contributed by atoms with van der Waals surface area (Å²) in [4.78, 5) is 15.6. The average Bonchev–Trinajstić information content (AvgIpc) is 3.37. The van der Waals surface area contributed by atoms with Gasteiger partial charge in [-0.1, -0.05) is 0 Å². The van der Waals surface area contributed by atoms with Crippen molar-refractivity contribution >= 4 is 5.91 Å². The van der Waals surface area contributed by atoms with Crippen LogP contribution in [0.15, 0.2) is 12.1 Å². The summed E-state index contributed by atoms with van der Waals surface area (Å²) in [6, 6.07) is 4.21. The lowest BCUT2D eigenvalue weighted by atomic mass is 9.65. The second-order valence-corrected chi connectivity index (χ2v) is 8.78. The minimum absolute atomic E-state index is 0.0401. The van der Waals surface area contributed by atoms with Gasteiger partial charge in [-0.25, -0.2) is 0 Å². The summed E-state index contributed by atoms with van der Waals surface area (Å²) in [5, 5.41) is 0. The number of alkyl halides is 3. The molecule has 1 saturated heterocycles. The number of halogens is 3. The van der Waals surface area contributed by atoms with Crippen LogP contribution in [0.4, 0.5) is 13.2 Å². The molecule has 29 heavy (non-hydrogen) atoms. The zero-order valence-corrected chi connectivity index (χ0v) is 16.3. The number of rotatable bonds is 1. The van der Waals surface area contributed by atoms with Crippen LogP contribution < -0.4 is 9.47 Å². The van der Waals surface area contributed by atoms with Crippen molar-refractivity contribution in [2.24, 2.45) is 0 Å². The second-order valence-electron chi connectivity index (χ2n) is 8.78. The SMILES string of the molecule is O=C(N1Cc2cc3c(cc2C2(CCC(N4CCCC4)CC2)C1)OCO3)C(F)(F)F. The van der Waals surface area contributed by atoms with Crippen LogP contribution >= 0.6 is 0 Å². The normalized spacial score (nSPS) is 29.3. The van der Waals surface area contributed by atoms with E-state index >= 15 is 0 Å². The molecule has 3 aliphatic heterocycles. The van der Waals surface area contributed by atoms with Gasteiger partial charge in [0, 0.05) is 24.5 Å². The Hall–Kier alpha value is -1.96. The molecule has 5 rings (SSSR count). The molecule has 0 N–H and O–H groups in total. The maximum absolute atomic E-state index is 13.2. The molecule has 0 aromatic heterocycles. The predicted molar refractivity (Wildman–Crippen MR) is 98.8 cm³/mol. The van der Waals surface area contributed by atoms with Crippen LogP contribution in [0.5, 0.6) is 11.5 Å². The van der Waals surface area contributed by atoms with Crippen molar-refractivity contribution in [1.82, 2.24) is 9.80 Å². The minimum Gasteiger partial charge on any atom is -0.454 e. The van der Waals surface area contributed by atoms with Crippen LogP contribution in [0.2, 0.25) is 0 Å². The van der Waals surface area contributed by atoms with E-state index in [1.165, 1.54) is 12.8 Å². The molecule has 0 bridgehead atoms. The third-order valence-electron chi connectivity index (χ3n) is 7.12. The molecule has 8 heteroatoms. The van der Waals surface area contributed by atoms with Gasteiger partial charge in [0.15, 0.2) is 11.5 Å². The summed E-state index contributed by atoms with van der Waals surface area (Å²) < 4.78 is 50.6. The molecule has 1 aliphatic carbocycles. The van der Waals surface area contributed by atoms with E-state index in [0.29, 0.717) is 17.5 Å². The highest BCUT2D eigenvalue weighted by Gasteiger charge is 2.50. The first-order chi connectivity index (χ1) is 13.9. The maximum Gasteiger partial charge on any atom is 0.471 e. The Bertz CT molecular complexity index is 812. The number of carbonyl (C=O) groups excluding carboxylic acids is 1. The number of hydrogen-bond donors (Lipinski definition) is 0. The summed E-state index contributed by atoms with van der Waals surface area (Å²) in [6.07, 6.45) is 1.04. The number of amides is 1. The molecule has 1 aromatic carbocycles. The summed E-state index contributed by atoms with van der Waals surface area (Å²) in [5.74, 6) is -0.548. The molecular weight excluding hydrogens is 385 g/mol. The topological polar surface area (TPSA) is 42.0 Å². The maximum atomic E-state index is 13.2. The molecule has 5 nitrogen and oxygen atoms in total. The Morgan fingerprint density at radius 3 is 2.38 bits per heavy atom. The van der Waals surface area contributed by atoms with Gasteiger partial charge < -0.3 is 19.3 Å². The number of fused-ring (bicyclic) bond motifs is 3. The number of nitrogens with zero attached hydrogens (tertiary/aromatic N) is 2. The summed E-state index contributed by atoms with van der Waals surface area (Å²) in [5.41, 5.74) is 1.33. The van der Waals surface area contributed by atoms with E-state index in [1.54, 1.807) is 6.07 Å². The molecule has 2 fully saturated rings. The molecule has 158 valence electrons. The fraction of sp³-hybridized carbons (Fsp3) is 0.667. The van der Waals surface area contributed by atoms with Crippen molar-refractivity contribution in [2.45, 2.75) is 62.7 Å². The zero-order valence-electron chi connectivity index (χ0n) is 16.3. The lowest BCUT2D eigenvalue weighted by molar-refractivity contribution is -0.187. The molecule has 4 aliphatic rings. The first kappa shape index (κ1) is 19.0. The van der Waals surface area contributed by atoms with E-state index < -0.39 is 17.5 Å². The van der Waals surface area contributed by atoms with Crippen LogP contribution in [-0.4, -0.2) is 54.4 Å². The third kappa shape index (κ3) is 3.25. The first-order valence-electron chi connectivity index (χ1n) is 10.4. The Morgan fingerprint density at radius 2 is 1.72 bits per heavy atom. The van der Waals surface area contributed by atoms with E-state index in [-0.39, 0.29) is 19.9 Å². The van der Waals surface area contributed by atoms with Crippen molar-refractivity contribution in [2.75, 3.05) is 26.4 Å². The fourth-order valence-electron chi connectivity index (χ4n) is 5.70. The Morgan fingerprint density at radius 1 is 1.07 bits per heavy atom. The van der Waals surface area contributed by atoms with Gasteiger partial charge in [0.05, 0.1) is 0 Å². The lowest BCUT2D eigenvalue weighted by Crippen LogP contribution is -2.54. The van der Waals surface area contributed by atoms with Crippen molar-refractivity contribution < 1.29 is 27.4 Å². The Kier molecular flexibility index (Phi) is 4.46. The Labute approximate surface area is 167 Å². The second kappa shape index (κ2) is 6.79. The average molecular weight is 410 g/mol. The van der Waals surface area contributed by atoms with Gasteiger partial charge in [0.1, 0.15) is 0 Å². The van der Waals surface area contributed by atoms with E-state index in [4.69, 9.17) is 9.47 Å². The predicted octanol–water partition coefficient (Wildman–Crippen LogP) is 3.60. The lowest BCUT2D eigenvalue weighted by Gasteiger charge is -2.49. The van der Waals surface area contributed by atoms with Crippen LogP contribution in [0.3, 0.4) is 0 Å². The van der Waals surface area contributed by atoms with E-state index in [9.17, 15) is 18.0 Å². The van der Waals surface area contributed by atoms with E-state index in [1.807, 2.05) is 6.07 Å². The Balaban J connectivity index is 1.47. The number of benzene rings is 1. The van der Waals surface area contributed by atoms with Gasteiger partial charge in [-0.2, -0.15) is 13.2 Å². The summed E-state index contributed by atoms with van der Waals surface area (Å²) in [6.45, 7) is 2.43. The standard InChI is InChI=1S/C21H25F3N2O3/c22-21(23,24)19(27)26-11-14-9-17-18(29-13-28-17)10-16(14)20(12-26)5-3-15(4-6-20)25-7-1-2-8-25/h9-10,15H,1-8,11-13H2. The molecule has 3 heterocycles. The van der Waals surface area contributed by atoms with Crippen LogP contribution in [0.1, 0.15) is 49.7 Å². The van der Waals surface area contributed by atoms with Gasteiger partial charge in [0.25, 0.3) is 0 Å². The molecule has 1 aromatic rings. The van der Waals surface area contributed by atoms with Crippen molar-refractivity contribution in [3.8, 4) is 11.5 Å². The molecule has 0 atom stereocenters. The highest BCUT2D eigenvalue weighted by molar-refractivity contribution is 5.82. The van der Waals surface area contributed by atoms with Crippen LogP contribution in [0, 0.1) is 0 Å². The highest BCUT2D eigenvalue weighted by atomic mass is 19.4. The molecule has 1 saturated carbocycles. The summed E-state index contributed by atoms with van der Waals surface area (Å²) >= 11 is 0. The van der Waals surface area contributed by atoms with Gasteiger partial charge >= 0.3 is 12.1 Å². The smallest absolute Gasteiger partial charge is 0.454 e. The van der Waals surface area contributed by atoms with Crippen LogP contribution in [0.25, 0.3) is 0 Å². The van der Waals surface area contributed by atoms with Gasteiger partial charge in [-0.3, -0.25) is 4.79 Å². The van der Waals surface area contributed by atoms with Gasteiger partial charge in [-0.15, -0.1) is 0 Å². The quantitative estimate of drug-likeness (QED) is 0.710. The molecule has 1 spiro atoms. The number of carbonyl (C=O) groups is 1. The van der Waals surface area contributed by atoms with E-state index in [0.717, 1.165) is 54.8 Å². The van der Waals surface area contributed by atoms with E-state index in [2.05, 4.69) is 4.90 Å². The zero-order chi connectivity index (χ0) is 20.2. The first-order valence-corrected chi connectivity index (χ1v) is 10.4. The third-order valence-corrected chi connectivity index (χ3v) is 7.12. The van der Waals surface area contributed by atoms with Crippen LogP contribution in [-0.2, 0) is 16.8 Å².